The van der Waals surface area contributed by atoms with E-state index >= 15 is 0 Å². The van der Waals surface area contributed by atoms with Crippen LogP contribution in [0.25, 0.3) is 0 Å². The summed E-state index contributed by atoms with van der Waals surface area (Å²) in [5, 5.41) is 14.7. The highest BCUT2D eigenvalue weighted by molar-refractivity contribution is 6.35. The first kappa shape index (κ1) is 15.2. The quantitative estimate of drug-likeness (QED) is 0.658. The summed E-state index contributed by atoms with van der Waals surface area (Å²) >= 11 is 0. The fourth-order valence-corrected chi connectivity index (χ4v) is 1.41. The maximum Gasteiger partial charge on any atom is 0.309 e. The molecule has 1 rings (SSSR count). The molecular formula is C13H20N2O4. The Morgan fingerprint density at radius 1 is 1.32 bits per heavy atom. The van der Waals surface area contributed by atoms with Crippen LogP contribution in [0.4, 0.5) is 0 Å². The summed E-state index contributed by atoms with van der Waals surface area (Å²) in [6.45, 7) is 4.57. The average Bonchev–Trinajstić information content (AvgIpc) is 2.89. The minimum absolute atomic E-state index is 0.222. The van der Waals surface area contributed by atoms with E-state index in [0.29, 0.717) is 24.4 Å². The Balaban J connectivity index is 2.21. The molecule has 1 aromatic heterocycles. The molecule has 0 aromatic carbocycles. The largest absolute Gasteiger partial charge is 0.472 e. The summed E-state index contributed by atoms with van der Waals surface area (Å²) in [7, 11) is 0. The fourth-order valence-electron chi connectivity index (χ4n) is 1.41. The zero-order chi connectivity index (χ0) is 14.3. The molecule has 0 saturated heterocycles. The first-order chi connectivity index (χ1) is 9.00. The zero-order valence-corrected chi connectivity index (χ0v) is 11.2. The predicted molar refractivity (Wildman–Crippen MR) is 69.1 cm³/mol. The maximum atomic E-state index is 11.4. The molecule has 1 aromatic rings. The van der Waals surface area contributed by atoms with Crippen molar-refractivity contribution in [3.8, 4) is 0 Å². The molecule has 19 heavy (non-hydrogen) atoms. The Bertz CT molecular complexity index is 401. The summed E-state index contributed by atoms with van der Waals surface area (Å²) in [5.74, 6) is -1.04. The van der Waals surface area contributed by atoms with Crippen molar-refractivity contribution in [1.82, 2.24) is 10.6 Å². The number of carbonyl (C=O) groups is 2. The summed E-state index contributed by atoms with van der Waals surface area (Å²) in [4.78, 5) is 22.8. The SMILES string of the molecule is CC(C)CNC(=O)C(=O)NCCC(O)c1ccoc1. The van der Waals surface area contributed by atoms with Gasteiger partial charge in [0.25, 0.3) is 0 Å². The Kier molecular flexibility index (Phi) is 6.08. The summed E-state index contributed by atoms with van der Waals surface area (Å²) in [6.07, 6.45) is 2.53. The molecule has 6 nitrogen and oxygen atoms in total. The van der Waals surface area contributed by atoms with Crippen LogP contribution in [0.15, 0.2) is 23.0 Å². The standard InChI is InChI=1S/C13H20N2O4/c1-9(2)7-15-13(18)12(17)14-5-3-11(16)10-4-6-19-8-10/h4,6,8-9,11,16H,3,5,7H2,1-2H3,(H,14,17)(H,15,18). The number of carbonyl (C=O) groups excluding carboxylic acids is 2. The lowest BCUT2D eigenvalue weighted by atomic mass is 10.1. The second-order valence-electron chi connectivity index (χ2n) is 4.72. The van der Waals surface area contributed by atoms with Crippen molar-refractivity contribution in [3.05, 3.63) is 24.2 Å². The summed E-state index contributed by atoms with van der Waals surface area (Å²) < 4.78 is 4.84. The van der Waals surface area contributed by atoms with Crippen LogP contribution in [-0.2, 0) is 9.59 Å². The van der Waals surface area contributed by atoms with Gasteiger partial charge >= 0.3 is 11.8 Å². The van der Waals surface area contributed by atoms with Gasteiger partial charge in [-0.15, -0.1) is 0 Å². The number of aliphatic hydroxyl groups is 1. The van der Waals surface area contributed by atoms with E-state index < -0.39 is 17.9 Å². The van der Waals surface area contributed by atoms with Crippen LogP contribution < -0.4 is 10.6 Å². The number of aliphatic hydroxyl groups excluding tert-OH is 1. The van der Waals surface area contributed by atoms with Gasteiger partial charge in [-0.05, 0) is 18.4 Å². The van der Waals surface area contributed by atoms with Crippen LogP contribution in [-0.4, -0.2) is 30.0 Å². The van der Waals surface area contributed by atoms with Gasteiger partial charge < -0.3 is 20.2 Å². The third-order valence-corrected chi connectivity index (χ3v) is 2.51. The van der Waals surface area contributed by atoms with Crippen molar-refractivity contribution in [2.45, 2.75) is 26.4 Å². The van der Waals surface area contributed by atoms with E-state index in [1.54, 1.807) is 6.07 Å². The van der Waals surface area contributed by atoms with Crippen molar-refractivity contribution in [2.24, 2.45) is 5.92 Å². The fraction of sp³-hybridized carbons (Fsp3) is 0.538. The molecule has 6 heteroatoms. The molecule has 0 fully saturated rings. The molecule has 0 aliphatic rings. The van der Waals surface area contributed by atoms with E-state index in [4.69, 9.17) is 4.42 Å². The molecule has 3 N–H and O–H groups in total. The highest BCUT2D eigenvalue weighted by atomic mass is 16.3. The van der Waals surface area contributed by atoms with Crippen molar-refractivity contribution in [3.63, 3.8) is 0 Å². The van der Waals surface area contributed by atoms with Gasteiger partial charge in [0.05, 0.1) is 18.6 Å². The minimum atomic E-state index is -0.710. The molecule has 0 aliphatic heterocycles. The number of nitrogens with one attached hydrogen (secondary N) is 2. The van der Waals surface area contributed by atoms with E-state index in [9.17, 15) is 14.7 Å². The van der Waals surface area contributed by atoms with Crippen LogP contribution in [0.5, 0.6) is 0 Å². The minimum Gasteiger partial charge on any atom is -0.472 e. The predicted octanol–water partition coefficient (Wildman–Crippen LogP) is 0.592. The molecule has 0 bridgehead atoms. The smallest absolute Gasteiger partial charge is 0.309 e. The number of hydrogen-bond donors (Lipinski definition) is 3. The van der Waals surface area contributed by atoms with Crippen LogP contribution in [0.1, 0.15) is 31.9 Å². The number of amides is 2. The molecule has 1 heterocycles. The molecule has 1 atom stereocenters. The molecular weight excluding hydrogens is 248 g/mol. The second-order valence-corrected chi connectivity index (χ2v) is 4.72. The normalized spacial score (nSPS) is 12.2. The van der Waals surface area contributed by atoms with Crippen molar-refractivity contribution in [1.29, 1.82) is 0 Å². The van der Waals surface area contributed by atoms with Crippen LogP contribution in [0.3, 0.4) is 0 Å². The van der Waals surface area contributed by atoms with Crippen LogP contribution >= 0.6 is 0 Å². The Hall–Kier alpha value is -1.82. The van der Waals surface area contributed by atoms with E-state index in [1.807, 2.05) is 13.8 Å². The lowest BCUT2D eigenvalue weighted by molar-refractivity contribution is -0.139. The van der Waals surface area contributed by atoms with Gasteiger partial charge in [0.15, 0.2) is 0 Å². The molecule has 0 spiro atoms. The maximum absolute atomic E-state index is 11.4. The molecule has 1 unspecified atom stereocenters. The first-order valence-corrected chi connectivity index (χ1v) is 6.27. The second kappa shape index (κ2) is 7.58. The summed E-state index contributed by atoms with van der Waals surface area (Å²) in [5.41, 5.74) is 0.651. The van der Waals surface area contributed by atoms with Gasteiger partial charge in [-0.2, -0.15) is 0 Å². The molecule has 2 amide bonds. The van der Waals surface area contributed by atoms with Gasteiger partial charge in [0.1, 0.15) is 0 Å². The lowest BCUT2D eigenvalue weighted by Crippen LogP contribution is -2.41. The topological polar surface area (TPSA) is 91.6 Å². The van der Waals surface area contributed by atoms with Crippen molar-refractivity contribution in [2.75, 3.05) is 13.1 Å². The monoisotopic (exact) mass is 268 g/mol. The molecule has 106 valence electrons. The van der Waals surface area contributed by atoms with Crippen molar-refractivity contribution >= 4 is 11.8 Å². The Morgan fingerprint density at radius 2 is 2.00 bits per heavy atom. The highest BCUT2D eigenvalue weighted by Gasteiger charge is 2.14. The average molecular weight is 268 g/mol. The van der Waals surface area contributed by atoms with E-state index in [1.165, 1.54) is 12.5 Å². The zero-order valence-electron chi connectivity index (χ0n) is 11.2. The molecule has 0 radical (unpaired) electrons. The highest BCUT2D eigenvalue weighted by Crippen LogP contribution is 2.15. The number of hydrogen-bond acceptors (Lipinski definition) is 4. The van der Waals surface area contributed by atoms with E-state index in [-0.39, 0.29) is 6.54 Å². The first-order valence-electron chi connectivity index (χ1n) is 6.27. The number of rotatable bonds is 6. The lowest BCUT2D eigenvalue weighted by Gasteiger charge is -2.10. The summed E-state index contributed by atoms with van der Waals surface area (Å²) in [6, 6.07) is 1.65. The third kappa shape index (κ3) is 5.56. The van der Waals surface area contributed by atoms with Gasteiger partial charge in [-0.3, -0.25) is 9.59 Å². The van der Waals surface area contributed by atoms with Gasteiger partial charge in [0, 0.05) is 18.7 Å². The van der Waals surface area contributed by atoms with Crippen LogP contribution in [0, 0.1) is 5.92 Å². The number of furan rings is 1. The van der Waals surface area contributed by atoms with Crippen molar-refractivity contribution < 1.29 is 19.1 Å². The third-order valence-electron chi connectivity index (χ3n) is 2.51. The molecule has 0 saturated carbocycles. The van der Waals surface area contributed by atoms with E-state index in [0.717, 1.165) is 0 Å². The van der Waals surface area contributed by atoms with Gasteiger partial charge in [-0.25, -0.2) is 0 Å². The Morgan fingerprint density at radius 3 is 2.58 bits per heavy atom. The van der Waals surface area contributed by atoms with E-state index in [2.05, 4.69) is 10.6 Å². The van der Waals surface area contributed by atoms with Crippen LogP contribution in [0.2, 0.25) is 0 Å². The van der Waals surface area contributed by atoms with Gasteiger partial charge in [0.2, 0.25) is 0 Å². The molecule has 0 aliphatic carbocycles. The Labute approximate surface area is 112 Å². The van der Waals surface area contributed by atoms with Gasteiger partial charge in [-0.1, -0.05) is 13.8 Å².